The van der Waals surface area contributed by atoms with Crippen molar-refractivity contribution in [2.24, 2.45) is 0 Å². The fourth-order valence-electron chi connectivity index (χ4n) is 6.93. The van der Waals surface area contributed by atoms with Crippen LogP contribution in [0, 0.1) is 0 Å². The van der Waals surface area contributed by atoms with Crippen molar-refractivity contribution in [3.8, 4) is 27.9 Å². The minimum absolute atomic E-state index is 0.0410. The van der Waals surface area contributed by atoms with Crippen LogP contribution >= 0.6 is 0 Å². The molecule has 2 heteroatoms. The highest BCUT2D eigenvalue weighted by molar-refractivity contribution is 6.09. The Morgan fingerprint density at radius 2 is 1.10 bits per heavy atom. The predicted octanol–water partition coefficient (Wildman–Crippen LogP) is 10.5. The van der Waals surface area contributed by atoms with Crippen LogP contribution in [0.5, 0.6) is 0 Å². The third kappa shape index (κ3) is 3.57. The van der Waals surface area contributed by atoms with Crippen molar-refractivity contribution in [2.75, 3.05) is 5.32 Å². The summed E-state index contributed by atoms with van der Waals surface area (Å²) in [5, 5.41) is 6.26. The molecule has 2 nitrogen and oxygen atoms in total. The number of benzene rings is 6. The number of rotatable bonds is 4. The van der Waals surface area contributed by atoms with Crippen molar-refractivity contribution in [2.45, 2.75) is 19.3 Å². The summed E-state index contributed by atoms with van der Waals surface area (Å²) in [7, 11) is 0. The summed E-state index contributed by atoms with van der Waals surface area (Å²) in [6, 6.07) is 50.4. The van der Waals surface area contributed by atoms with E-state index in [0.29, 0.717) is 0 Å². The minimum atomic E-state index is -0.0410. The van der Waals surface area contributed by atoms with Gasteiger partial charge in [-0.15, -0.1) is 0 Å². The molecule has 0 bridgehead atoms. The molecule has 41 heavy (non-hydrogen) atoms. The fraction of sp³-hybridized carbons (Fsp3) is 0.0769. The van der Waals surface area contributed by atoms with E-state index in [-0.39, 0.29) is 5.41 Å². The second-order valence-corrected chi connectivity index (χ2v) is 11.5. The zero-order chi connectivity index (χ0) is 27.6. The Labute approximate surface area is 240 Å². The van der Waals surface area contributed by atoms with Gasteiger partial charge in [0, 0.05) is 21.9 Å². The summed E-state index contributed by atoms with van der Waals surface area (Å²) in [6.07, 6.45) is 0. The number of nitrogens with zero attached hydrogens (tertiary/aromatic N) is 1. The number of para-hydroxylation sites is 4. The number of fused-ring (bicyclic) bond motifs is 6. The van der Waals surface area contributed by atoms with E-state index in [1.807, 2.05) is 0 Å². The van der Waals surface area contributed by atoms with Gasteiger partial charge in [0.15, 0.2) is 0 Å². The Kier molecular flexibility index (Phi) is 5.20. The van der Waals surface area contributed by atoms with Crippen LogP contribution in [0.1, 0.15) is 25.0 Å². The molecule has 1 aliphatic rings. The second-order valence-electron chi connectivity index (χ2n) is 11.5. The first-order valence-corrected chi connectivity index (χ1v) is 14.3. The number of aromatic nitrogens is 1. The molecule has 0 saturated heterocycles. The van der Waals surface area contributed by atoms with Crippen LogP contribution in [0.25, 0.3) is 49.7 Å². The quantitative estimate of drug-likeness (QED) is 0.241. The Bertz CT molecular complexity index is 2040. The minimum Gasteiger partial charge on any atom is -0.354 e. The van der Waals surface area contributed by atoms with Gasteiger partial charge in [-0.05, 0) is 69.8 Å². The monoisotopic (exact) mass is 526 g/mol. The Morgan fingerprint density at radius 1 is 0.512 bits per heavy atom. The molecule has 0 spiro atoms. The number of hydrogen-bond donors (Lipinski definition) is 1. The van der Waals surface area contributed by atoms with Gasteiger partial charge in [0.1, 0.15) is 0 Å². The molecule has 0 fully saturated rings. The van der Waals surface area contributed by atoms with Crippen molar-refractivity contribution < 1.29 is 0 Å². The van der Waals surface area contributed by atoms with E-state index in [4.69, 9.17) is 0 Å². The van der Waals surface area contributed by atoms with Crippen molar-refractivity contribution in [1.29, 1.82) is 0 Å². The van der Waals surface area contributed by atoms with Crippen LogP contribution in [-0.4, -0.2) is 4.57 Å². The molecule has 8 rings (SSSR count). The van der Waals surface area contributed by atoms with Gasteiger partial charge in [0.2, 0.25) is 0 Å². The molecule has 7 aromatic rings. The first-order chi connectivity index (χ1) is 20.1. The average molecular weight is 527 g/mol. The molecule has 0 aliphatic heterocycles. The lowest BCUT2D eigenvalue weighted by molar-refractivity contribution is 0.662. The lowest BCUT2D eigenvalue weighted by atomic mass is 9.79. The predicted molar refractivity (Wildman–Crippen MR) is 174 cm³/mol. The normalized spacial score (nSPS) is 13.3. The van der Waals surface area contributed by atoms with Gasteiger partial charge in [-0.3, -0.25) is 0 Å². The Hall–Kier alpha value is -5.08. The highest BCUT2D eigenvalue weighted by Gasteiger charge is 2.37. The first kappa shape index (κ1) is 23.8. The summed E-state index contributed by atoms with van der Waals surface area (Å²) < 4.78 is 2.37. The van der Waals surface area contributed by atoms with Gasteiger partial charge in [-0.1, -0.05) is 117 Å². The lowest BCUT2D eigenvalue weighted by Gasteiger charge is -2.24. The van der Waals surface area contributed by atoms with Crippen molar-refractivity contribution >= 4 is 33.2 Å². The molecule has 1 heterocycles. The zero-order valence-corrected chi connectivity index (χ0v) is 23.2. The molecule has 6 aromatic carbocycles. The van der Waals surface area contributed by atoms with Crippen LogP contribution in [0.15, 0.2) is 140 Å². The summed E-state index contributed by atoms with van der Waals surface area (Å²) in [4.78, 5) is 0. The molecule has 0 saturated carbocycles. The molecular weight excluding hydrogens is 496 g/mol. The first-order valence-electron chi connectivity index (χ1n) is 14.3. The van der Waals surface area contributed by atoms with Crippen LogP contribution < -0.4 is 5.32 Å². The molecule has 1 aliphatic carbocycles. The third-order valence-electron chi connectivity index (χ3n) is 8.78. The van der Waals surface area contributed by atoms with E-state index in [1.165, 1.54) is 55.2 Å². The van der Waals surface area contributed by atoms with Gasteiger partial charge >= 0.3 is 0 Å². The maximum Gasteiger partial charge on any atom is 0.0697 e. The van der Waals surface area contributed by atoms with Gasteiger partial charge in [0.05, 0.1) is 22.4 Å². The topological polar surface area (TPSA) is 17.0 Å². The number of anilines is 2. The molecule has 1 N–H and O–H groups in total. The highest BCUT2D eigenvalue weighted by atomic mass is 15.0. The van der Waals surface area contributed by atoms with Crippen molar-refractivity contribution in [1.82, 2.24) is 4.57 Å². The van der Waals surface area contributed by atoms with Gasteiger partial charge < -0.3 is 9.88 Å². The summed E-state index contributed by atoms with van der Waals surface area (Å²) >= 11 is 0. The highest BCUT2D eigenvalue weighted by Crippen LogP contribution is 2.52. The van der Waals surface area contributed by atoms with E-state index in [2.05, 4.69) is 163 Å². The molecule has 196 valence electrons. The largest absolute Gasteiger partial charge is 0.354 e. The zero-order valence-electron chi connectivity index (χ0n) is 23.2. The van der Waals surface area contributed by atoms with E-state index >= 15 is 0 Å². The summed E-state index contributed by atoms with van der Waals surface area (Å²) in [5.41, 5.74) is 13.7. The lowest BCUT2D eigenvalue weighted by Crippen LogP contribution is -2.16. The summed E-state index contributed by atoms with van der Waals surface area (Å²) in [5.74, 6) is 0. The molecular formula is C39H30N2. The third-order valence-corrected chi connectivity index (χ3v) is 8.78. The van der Waals surface area contributed by atoms with Crippen LogP contribution in [0.2, 0.25) is 0 Å². The van der Waals surface area contributed by atoms with Crippen molar-refractivity contribution in [3.05, 3.63) is 151 Å². The van der Waals surface area contributed by atoms with Gasteiger partial charge in [-0.2, -0.15) is 0 Å². The summed E-state index contributed by atoms with van der Waals surface area (Å²) in [6.45, 7) is 4.70. The van der Waals surface area contributed by atoms with E-state index in [1.54, 1.807) is 0 Å². The van der Waals surface area contributed by atoms with Crippen LogP contribution in [-0.2, 0) is 5.41 Å². The van der Waals surface area contributed by atoms with Gasteiger partial charge in [-0.25, -0.2) is 0 Å². The Morgan fingerprint density at radius 3 is 1.85 bits per heavy atom. The SMILES string of the molecule is CC1(C)c2ccccc2-c2cccc(-c3ccc(Nc4ccccc4-n4c5ccccc5c5ccccc54)cc3)c21. The van der Waals surface area contributed by atoms with Crippen molar-refractivity contribution in [3.63, 3.8) is 0 Å². The van der Waals surface area contributed by atoms with E-state index < -0.39 is 0 Å². The smallest absolute Gasteiger partial charge is 0.0697 e. The number of nitrogens with one attached hydrogen (secondary N) is 1. The molecule has 1 aromatic heterocycles. The maximum atomic E-state index is 3.73. The van der Waals surface area contributed by atoms with Crippen LogP contribution in [0.4, 0.5) is 11.4 Å². The molecule has 0 atom stereocenters. The van der Waals surface area contributed by atoms with Gasteiger partial charge in [0.25, 0.3) is 0 Å². The number of hydrogen-bond acceptors (Lipinski definition) is 1. The second kappa shape index (κ2) is 8.97. The maximum absolute atomic E-state index is 3.73. The van der Waals surface area contributed by atoms with E-state index in [9.17, 15) is 0 Å². The van der Waals surface area contributed by atoms with E-state index in [0.717, 1.165) is 17.1 Å². The Balaban J connectivity index is 1.18. The van der Waals surface area contributed by atoms with Crippen LogP contribution in [0.3, 0.4) is 0 Å². The molecule has 0 radical (unpaired) electrons. The average Bonchev–Trinajstić information content (AvgIpc) is 3.47. The molecule has 0 unspecified atom stereocenters. The standard InChI is InChI=1S/C39H30N2/c1-39(2)33-17-6-3-12-29(33)32-16-11-15-28(38(32)39)26-22-24-27(25-23-26)40-34-18-7-10-21-37(34)41-35-19-8-4-13-30(35)31-14-5-9-20-36(31)41/h3-25,40H,1-2H3. The molecule has 0 amide bonds. The fourth-order valence-corrected chi connectivity index (χ4v) is 6.93.